The molecule has 0 aliphatic carbocycles. The number of nitrogens with zero attached hydrogens (tertiary/aromatic N) is 7. The second-order valence-corrected chi connectivity index (χ2v) is 6.56. The third-order valence-corrected chi connectivity index (χ3v) is 4.59. The van der Waals surface area contributed by atoms with Crippen molar-refractivity contribution in [2.24, 2.45) is 0 Å². The van der Waals surface area contributed by atoms with Crippen molar-refractivity contribution >= 4 is 29.0 Å². The number of rotatable bonds is 2. The highest BCUT2D eigenvalue weighted by Gasteiger charge is 2.25. The molecule has 2 N–H and O–H groups in total. The van der Waals surface area contributed by atoms with Crippen molar-refractivity contribution in [1.29, 1.82) is 0 Å². The van der Waals surface area contributed by atoms with E-state index in [9.17, 15) is 0 Å². The van der Waals surface area contributed by atoms with Crippen LogP contribution < -0.4 is 10.6 Å². The third kappa shape index (κ3) is 2.56. The summed E-state index contributed by atoms with van der Waals surface area (Å²) in [6, 6.07) is 4.07. The number of hydrogen-bond acceptors (Lipinski definition) is 6. The van der Waals surface area contributed by atoms with Gasteiger partial charge < -0.3 is 10.6 Å². The minimum atomic E-state index is 0.273. The molecular weight excluding hydrogens is 328 g/mol. The zero-order valence-corrected chi connectivity index (χ0v) is 14.4. The van der Waals surface area contributed by atoms with Crippen molar-refractivity contribution in [2.45, 2.75) is 32.7 Å². The molecule has 24 heavy (non-hydrogen) atoms. The van der Waals surface area contributed by atoms with E-state index in [0.717, 1.165) is 43.1 Å². The molecule has 3 aromatic rings. The standard InChI is InChI=1S/C15H19ClN8/c1-9-7-13-19-12(16)8-14(24(13)20-9)22-5-3-11(4-6-22)23-15(17)18-10(2)21-23/h7-8,11H,3-6H2,1-2H3,(H2,17,18,21). The van der Waals surface area contributed by atoms with E-state index in [4.69, 9.17) is 17.3 Å². The van der Waals surface area contributed by atoms with Crippen LogP contribution in [-0.2, 0) is 0 Å². The first-order chi connectivity index (χ1) is 11.5. The van der Waals surface area contributed by atoms with Gasteiger partial charge in [-0.15, -0.1) is 0 Å². The summed E-state index contributed by atoms with van der Waals surface area (Å²) in [6.07, 6.45) is 1.88. The second-order valence-electron chi connectivity index (χ2n) is 6.17. The lowest BCUT2D eigenvalue weighted by atomic mass is 10.1. The first-order valence-corrected chi connectivity index (χ1v) is 8.35. The maximum Gasteiger partial charge on any atom is 0.218 e. The fraction of sp³-hybridized carbons (Fsp3) is 0.467. The van der Waals surface area contributed by atoms with Crippen molar-refractivity contribution in [1.82, 2.24) is 29.4 Å². The Bertz CT molecular complexity index is 890. The van der Waals surface area contributed by atoms with E-state index in [0.29, 0.717) is 16.9 Å². The normalized spacial score (nSPS) is 16.2. The summed E-state index contributed by atoms with van der Waals surface area (Å²) in [7, 11) is 0. The Morgan fingerprint density at radius 3 is 2.54 bits per heavy atom. The Labute approximate surface area is 144 Å². The highest BCUT2D eigenvalue weighted by Crippen LogP contribution is 2.29. The van der Waals surface area contributed by atoms with E-state index in [-0.39, 0.29) is 6.04 Å². The minimum absolute atomic E-state index is 0.273. The lowest BCUT2D eigenvalue weighted by Crippen LogP contribution is -2.36. The molecule has 4 heterocycles. The zero-order valence-electron chi connectivity index (χ0n) is 13.6. The van der Waals surface area contributed by atoms with Crippen LogP contribution in [0.15, 0.2) is 12.1 Å². The summed E-state index contributed by atoms with van der Waals surface area (Å²) >= 11 is 6.18. The number of anilines is 2. The molecule has 1 aliphatic heterocycles. The van der Waals surface area contributed by atoms with Gasteiger partial charge in [-0.3, -0.25) is 0 Å². The molecule has 0 spiro atoms. The number of fused-ring (bicyclic) bond motifs is 1. The summed E-state index contributed by atoms with van der Waals surface area (Å²) in [5.74, 6) is 2.17. The largest absolute Gasteiger partial charge is 0.368 e. The highest BCUT2D eigenvalue weighted by molar-refractivity contribution is 6.29. The number of aryl methyl sites for hydroxylation is 2. The summed E-state index contributed by atoms with van der Waals surface area (Å²) in [5, 5.41) is 9.42. The molecule has 1 saturated heterocycles. The average molecular weight is 347 g/mol. The smallest absolute Gasteiger partial charge is 0.218 e. The van der Waals surface area contributed by atoms with Gasteiger partial charge in [0, 0.05) is 25.2 Å². The molecular formula is C15H19ClN8. The Morgan fingerprint density at radius 1 is 1.12 bits per heavy atom. The van der Waals surface area contributed by atoms with Gasteiger partial charge in [0.2, 0.25) is 5.95 Å². The van der Waals surface area contributed by atoms with Crippen molar-refractivity contribution in [3.8, 4) is 0 Å². The van der Waals surface area contributed by atoms with E-state index in [1.54, 1.807) is 0 Å². The number of piperidine rings is 1. The Kier molecular flexibility index (Phi) is 3.56. The number of hydrogen-bond donors (Lipinski definition) is 1. The molecule has 126 valence electrons. The van der Waals surface area contributed by atoms with Crippen LogP contribution in [0.25, 0.3) is 5.65 Å². The number of nitrogens with two attached hydrogens (primary N) is 1. The predicted octanol–water partition coefficient (Wildman–Crippen LogP) is 2.01. The molecule has 1 aliphatic rings. The van der Waals surface area contributed by atoms with E-state index >= 15 is 0 Å². The summed E-state index contributed by atoms with van der Waals surface area (Å²) in [5.41, 5.74) is 7.65. The summed E-state index contributed by atoms with van der Waals surface area (Å²) < 4.78 is 3.70. The quantitative estimate of drug-likeness (QED) is 0.714. The van der Waals surface area contributed by atoms with E-state index in [2.05, 4.69) is 25.1 Å². The van der Waals surface area contributed by atoms with Gasteiger partial charge in [-0.25, -0.2) is 9.67 Å². The molecule has 4 rings (SSSR count). The molecule has 0 unspecified atom stereocenters. The Balaban J connectivity index is 1.59. The van der Waals surface area contributed by atoms with Gasteiger partial charge in [0.1, 0.15) is 16.8 Å². The SMILES string of the molecule is Cc1cc2nc(Cl)cc(N3CCC(n4nc(C)nc4N)CC3)n2n1. The number of aromatic nitrogens is 6. The van der Waals surface area contributed by atoms with Crippen molar-refractivity contribution < 1.29 is 0 Å². The van der Waals surface area contributed by atoms with Gasteiger partial charge in [-0.2, -0.15) is 19.7 Å². The first kappa shape index (κ1) is 15.2. The van der Waals surface area contributed by atoms with Gasteiger partial charge in [0.05, 0.1) is 11.7 Å². The monoisotopic (exact) mass is 346 g/mol. The zero-order chi connectivity index (χ0) is 16.8. The minimum Gasteiger partial charge on any atom is -0.368 e. The Hall–Kier alpha value is -2.35. The van der Waals surface area contributed by atoms with Gasteiger partial charge in [0.25, 0.3) is 0 Å². The van der Waals surface area contributed by atoms with E-state index in [1.807, 2.05) is 35.2 Å². The van der Waals surface area contributed by atoms with Gasteiger partial charge in [0.15, 0.2) is 5.65 Å². The average Bonchev–Trinajstić information content (AvgIpc) is 3.07. The van der Waals surface area contributed by atoms with Crippen LogP contribution in [0.3, 0.4) is 0 Å². The summed E-state index contributed by atoms with van der Waals surface area (Å²) in [4.78, 5) is 10.8. The maximum absolute atomic E-state index is 6.18. The molecule has 0 bridgehead atoms. The van der Waals surface area contributed by atoms with Crippen molar-refractivity contribution in [3.63, 3.8) is 0 Å². The van der Waals surface area contributed by atoms with E-state index < -0.39 is 0 Å². The van der Waals surface area contributed by atoms with Crippen LogP contribution in [0.4, 0.5) is 11.8 Å². The third-order valence-electron chi connectivity index (χ3n) is 4.40. The van der Waals surface area contributed by atoms with Crippen LogP contribution in [0.2, 0.25) is 5.15 Å². The summed E-state index contributed by atoms with van der Waals surface area (Å²) in [6.45, 7) is 5.56. The molecule has 0 amide bonds. The number of nitrogen functional groups attached to an aromatic ring is 1. The van der Waals surface area contributed by atoms with E-state index in [1.165, 1.54) is 0 Å². The van der Waals surface area contributed by atoms with Crippen LogP contribution >= 0.6 is 11.6 Å². The molecule has 0 radical (unpaired) electrons. The lowest BCUT2D eigenvalue weighted by Gasteiger charge is -2.33. The van der Waals surface area contributed by atoms with Gasteiger partial charge in [-0.1, -0.05) is 11.6 Å². The van der Waals surface area contributed by atoms with Gasteiger partial charge in [-0.05, 0) is 26.7 Å². The van der Waals surface area contributed by atoms with Gasteiger partial charge >= 0.3 is 0 Å². The Morgan fingerprint density at radius 2 is 1.88 bits per heavy atom. The van der Waals surface area contributed by atoms with Crippen molar-refractivity contribution in [2.75, 3.05) is 23.7 Å². The molecule has 1 fully saturated rings. The topological polar surface area (TPSA) is 90.2 Å². The molecule has 3 aromatic heterocycles. The lowest BCUT2D eigenvalue weighted by molar-refractivity contribution is 0.368. The number of halogens is 1. The first-order valence-electron chi connectivity index (χ1n) is 7.98. The molecule has 9 heteroatoms. The van der Waals surface area contributed by atoms with Crippen LogP contribution in [-0.4, -0.2) is 42.5 Å². The highest BCUT2D eigenvalue weighted by atomic mass is 35.5. The predicted molar refractivity (Wildman–Crippen MR) is 92.4 cm³/mol. The fourth-order valence-electron chi connectivity index (χ4n) is 3.32. The van der Waals surface area contributed by atoms with Crippen molar-refractivity contribution in [3.05, 3.63) is 28.8 Å². The molecule has 8 nitrogen and oxygen atoms in total. The van der Waals surface area contributed by atoms with Crippen LogP contribution in [0, 0.1) is 13.8 Å². The molecule has 0 atom stereocenters. The maximum atomic E-state index is 6.18. The second kappa shape index (κ2) is 5.62. The van der Waals surface area contributed by atoms with Crippen LogP contribution in [0.5, 0.6) is 0 Å². The van der Waals surface area contributed by atoms with Crippen LogP contribution in [0.1, 0.15) is 30.4 Å². The molecule has 0 saturated carbocycles. The fourth-order valence-corrected chi connectivity index (χ4v) is 3.51. The molecule has 0 aromatic carbocycles.